The van der Waals surface area contributed by atoms with Gasteiger partial charge in [-0.1, -0.05) is 18.2 Å². The molecule has 34 heavy (non-hydrogen) atoms. The standard InChI is InChI=1S/C15H21NO4.C7H14N4O3/c1-10-7-6-8-11(2)14(10)16(13(17)9-19-4)12(3)15(18)20-5;1-8-7(10-11(12)13)9-4-6-2-3-14-5-6/h6-8,12H,9H2,1-5H3;6H,2-5H2,1H3,(H2,8,9,10). The van der Waals surface area contributed by atoms with Crippen LogP contribution in [0.3, 0.4) is 0 Å². The fraction of sp³-hybridized carbons (Fsp3) is 0.591. The Bertz CT molecular complexity index is 836. The Balaban J connectivity index is 0.000000362. The topological polar surface area (TPSA) is 145 Å². The molecule has 0 bridgehead atoms. The number of carbonyl (C=O) groups excluding carboxylic acids is 2. The summed E-state index contributed by atoms with van der Waals surface area (Å²) in [5, 5.41) is 18.0. The first-order valence-corrected chi connectivity index (χ1v) is 10.8. The second kappa shape index (κ2) is 14.8. The van der Waals surface area contributed by atoms with Crippen LogP contribution in [0.15, 0.2) is 23.3 Å². The van der Waals surface area contributed by atoms with E-state index >= 15 is 0 Å². The van der Waals surface area contributed by atoms with Gasteiger partial charge in [-0.15, -0.1) is 0 Å². The number of nitro groups is 1. The molecule has 2 unspecified atom stereocenters. The number of methoxy groups -OCH3 is 2. The molecule has 1 aromatic carbocycles. The lowest BCUT2D eigenvalue weighted by molar-refractivity contribution is -0.485. The van der Waals surface area contributed by atoms with Gasteiger partial charge in [-0.25, -0.2) is 14.9 Å². The molecule has 0 aliphatic carbocycles. The smallest absolute Gasteiger partial charge is 0.328 e. The van der Waals surface area contributed by atoms with E-state index in [2.05, 4.69) is 15.7 Å². The van der Waals surface area contributed by atoms with Crippen molar-refractivity contribution >= 4 is 23.5 Å². The van der Waals surface area contributed by atoms with Crippen LogP contribution in [0.1, 0.15) is 24.5 Å². The van der Waals surface area contributed by atoms with E-state index < -0.39 is 17.0 Å². The zero-order chi connectivity index (χ0) is 25.7. The lowest BCUT2D eigenvalue weighted by Crippen LogP contribution is -2.46. The van der Waals surface area contributed by atoms with Gasteiger partial charge in [0, 0.05) is 33.2 Å². The summed E-state index contributed by atoms with van der Waals surface area (Å²) in [6.45, 7) is 7.49. The number of esters is 1. The normalized spacial score (nSPS) is 16.1. The van der Waals surface area contributed by atoms with Gasteiger partial charge < -0.3 is 24.8 Å². The summed E-state index contributed by atoms with van der Waals surface area (Å²) in [5.41, 5.74) is 2.57. The van der Waals surface area contributed by atoms with E-state index in [4.69, 9.17) is 14.2 Å². The molecule has 1 saturated heterocycles. The molecule has 1 heterocycles. The summed E-state index contributed by atoms with van der Waals surface area (Å²) in [6.07, 6.45) is 0.989. The summed E-state index contributed by atoms with van der Waals surface area (Å²) in [5.74, 6) is -0.137. The van der Waals surface area contributed by atoms with Crippen molar-refractivity contribution in [2.45, 2.75) is 33.2 Å². The van der Waals surface area contributed by atoms with E-state index in [0.29, 0.717) is 19.1 Å². The highest BCUT2D eigenvalue weighted by molar-refractivity contribution is 6.01. The van der Waals surface area contributed by atoms with Gasteiger partial charge in [0.15, 0.2) is 5.03 Å². The fourth-order valence-electron chi connectivity index (χ4n) is 3.43. The number of anilines is 1. The first kappa shape index (κ1) is 28.8. The molecule has 1 aromatic rings. The largest absolute Gasteiger partial charge is 0.467 e. The molecule has 2 rings (SSSR count). The number of benzene rings is 1. The van der Waals surface area contributed by atoms with Crippen molar-refractivity contribution in [2.75, 3.05) is 52.5 Å². The van der Waals surface area contributed by atoms with Crippen LogP contribution >= 0.6 is 0 Å². The molecule has 12 nitrogen and oxygen atoms in total. The molecule has 1 aliphatic rings. The van der Waals surface area contributed by atoms with Gasteiger partial charge in [0.1, 0.15) is 17.8 Å². The van der Waals surface area contributed by atoms with Crippen molar-refractivity contribution in [3.05, 3.63) is 39.4 Å². The lowest BCUT2D eigenvalue weighted by atomic mass is 10.1. The van der Waals surface area contributed by atoms with Crippen LogP contribution in [0.25, 0.3) is 0 Å². The molecular formula is C22H35N5O7. The number of hydrazone groups is 1. The van der Waals surface area contributed by atoms with Gasteiger partial charge in [0.05, 0.1) is 19.4 Å². The lowest BCUT2D eigenvalue weighted by Gasteiger charge is -2.30. The van der Waals surface area contributed by atoms with Gasteiger partial charge >= 0.3 is 5.97 Å². The highest BCUT2D eigenvalue weighted by atomic mass is 16.7. The number of rotatable bonds is 8. The van der Waals surface area contributed by atoms with Crippen molar-refractivity contribution in [3.63, 3.8) is 0 Å². The number of carbonyl (C=O) groups is 2. The monoisotopic (exact) mass is 481 g/mol. The molecular weight excluding hydrogens is 446 g/mol. The number of nitrogens with zero attached hydrogens (tertiary/aromatic N) is 3. The minimum atomic E-state index is -0.732. The van der Waals surface area contributed by atoms with Crippen LogP contribution in [-0.2, 0) is 23.8 Å². The molecule has 1 amide bonds. The molecule has 0 saturated carbocycles. The molecule has 12 heteroatoms. The van der Waals surface area contributed by atoms with E-state index in [9.17, 15) is 19.7 Å². The Morgan fingerprint density at radius 3 is 2.44 bits per heavy atom. The van der Waals surface area contributed by atoms with Gasteiger partial charge in [0.25, 0.3) is 11.9 Å². The second-order valence-electron chi connectivity index (χ2n) is 7.68. The van der Waals surface area contributed by atoms with Crippen molar-refractivity contribution in [3.8, 4) is 0 Å². The Hall–Kier alpha value is -3.25. The molecule has 2 N–H and O–H groups in total. The van der Waals surface area contributed by atoms with E-state index in [1.54, 1.807) is 14.0 Å². The first-order valence-electron chi connectivity index (χ1n) is 10.8. The zero-order valence-corrected chi connectivity index (χ0v) is 20.6. The molecule has 0 radical (unpaired) electrons. The van der Waals surface area contributed by atoms with Crippen LogP contribution in [0.2, 0.25) is 0 Å². The van der Waals surface area contributed by atoms with Crippen LogP contribution < -0.4 is 15.5 Å². The number of guanidine groups is 1. The summed E-state index contributed by atoms with van der Waals surface area (Å²) in [6, 6.07) is 5.01. The maximum atomic E-state index is 12.3. The van der Waals surface area contributed by atoms with Crippen LogP contribution in [0, 0.1) is 29.9 Å². The number of aryl methyl sites for hydroxylation is 2. The van der Waals surface area contributed by atoms with Crippen LogP contribution in [0.5, 0.6) is 0 Å². The molecule has 1 fully saturated rings. The van der Waals surface area contributed by atoms with Gasteiger partial charge in [-0.3, -0.25) is 9.69 Å². The molecule has 1 aliphatic heterocycles. The molecule has 0 spiro atoms. The zero-order valence-electron chi connectivity index (χ0n) is 20.6. The third kappa shape index (κ3) is 8.94. The Kier molecular flexibility index (Phi) is 12.5. The van der Waals surface area contributed by atoms with Crippen molar-refractivity contribution < 1.29 is 28.8 Å². The van der Waals surface area contributed by atoms with Crippen molar-refractivity contribution in [2.24, 2.45) is 11.0 Å². The number of nitrogens with one attached hydrogen (secondary N) is 2. The Morgan fingerprint density at radius 1 is 1.32 bits per heavy atom. The minimum Gasteiger partial charge on any atom is -0.467 e. The maximum Gasteiger partial charge on any atom is 0.328 e. The van der Waals surface area contributed by atoms with E-state index in [1.807, 2.05) is 32.0 Å². The minimum absolute atomic E-state index is 0.0882. The van der Waals surface area contributed by atoms with Gasteiger partial charge in [-0.05, 0) is 38.3 Å². The maximum absolute atomic E-state index is 12.3. The molecule has 0 aromatic heterocycles. The molecule has 190 valence electrons. The quantitative estimate of drug-likeness (QED) is 0.184. The van der Waals surface area contributed by atoms with E-state index in [0.717, 1.165) is 29.8 Å². The number of amides is 1. The van der Waals surface area contributed by atoms with Crippen molar-refractivity contribution in [1.82, 2.24) is 10.6 Å². The number of para-hydroxylation sites is 1. The van der Waals surface area contributed by atoms with Crippen LogP contribution in [-0.4, -0.2) is 76.5 Å². The van der Waals surface area contributed by atoms with Crippen LogP contribution in [0.4, 0.5) is 5.69 Å². The number of ether oxygens (including phenoxy) is 3. The third-order valence-corrected chi connectivity index (χ3v) is 5.15. The predicted molar refractivity (Wildman–Crippen MR) is 127 cm³/mol. The average Bonchev–Trinajstić information content (AvgIpc) is 3.32. The van der Waals surface area contributed by atoms with E-state index in [-0.39, 0.29) is 18.5 Å². The summed E-state index contributed by atoms with van der Waals surface area (Å²) < 4.78 is 14.8. The fourth-order valence-corrected chi connectivity index (χ4v) is 3.43. The SMILES string of the molecule is CN/C(=N/[N+](=O)[O-])NCC1CCOC1.COCC(=O)N(c1c(C)cccc1C)C(C)C(=O)OC. The summed E-state index contributed by atoms with van der Waals surface area (Å²) >= 11 is 0. The summed E-state index contributed by atoms with van der Waals surface area (Å²) in [7, 11) is 4.34. The highest BCUT2D eigenvalue weighted by Crippen LogP contribution is 2.27. The van der Waals surface area contributed by atoms with Crippen molar-refractivity contribution in [1.29, 1.82) is 0 Å². The highest BCUT2D eigenvalue weighted by Gasteiger charge is 2.29. The van der Waals surface area contributed by atoms with Gasteiger partial charge in [-0.2, -0.15) is 0 Å². The third-order valence-electron chi connectivity index (χ3n) is 5.15. The first-order chi connectivity index (χ1) is 16.2. The number of hydrogen-bond donors (Lipinski definition) is 2. The number of hydrogen-bond acceptors (Lipinski definition) is 7. The average molecular weight is 482 g/mol. The van der Waals surface area contributed by atoms with Gasteiger partial charge in [0.2, 0.25) is 0 Å². The second-order valence-corrected chi connectivity index (χ2v) is 7.68. The Labute approximate surface area is 199 Å². The van der Waals surface area contributed by atoms with E-state index in [1.165, 1.54) is 19.1 Å². The Morgan fingerprint density at radius 2 is 1.97 bits per heavy atom. The predicted octanol–water partition coefficient (Wildman–Crippen LogP) is 1.22. The summed E-state index contributed by atoms with van der Waals surface area (Å²) in [4.78, 5) is 35.6. The molecule has 2 atom stereocenters.